The van der Waals surface area contributed by atoms with Crippen LogP contribution in [0, 0.1) is 0 Å². The number of aromatic carboxylic acids is 1. The normalized spacial score (nSPS) is 10.7. The number of hydrogen-bond donors (Lipinski definition) is 1. The van der Waals surface area contributed by atoms with Crippen molar-refractivity contribution in [2.75, 3.05) is 7.11 Å². The highest BCUT2D eigenvalue weighted by Gasteiger charge is 2.10. The molecule has 2 aromatic heterocycles. The summed E-state index contributed by atoms with van der Waals surface area (Å²) in [7, 11) is 1.62. The Hall–Kier alpha value is -2.89. The van der Waals surface area contributed by atoms with Gasteiger partial charge in [-0.2, -0.15) is 0 Å². The summed E-state index contributed by atoms with van der Waals surface area (Å²) in [6, 6.07) is 10.8. The van der Waals surface area contributed by atoms with Crippen molar-refractivity contribution in [3.63, 3.8) is 0 Å². The van der Waals surface area contributed by atoms with Crippen molar-refractivity contribution < 1.29 is 14.6 Å². The molecule has 6 nitrogen and oxygen atoms in total. The SMILES string of the molecule is COc1cccc(Cc2nnc3cc(C(=O)O)ccn23)c1. The second-order valence-corrected chi connectivity index (χ2v) is 4.59. The molecule has 0 fully saturated rings. The van der Waals surface area contributed by atoms with Crippen LogP contribution in [0.25, 0.3) is 5.65 Å². The van der Waals surface area contributed by atoms with E-state index >= 15 is 0 Å². The standard InChI is InChI=1S/C15H13N3O3/c1-21-12-4-2-3-10(7-12)8-13-16-17-14-9-11(15(19)20)5-6-18(13)14/h2-7,9H,8H2,1H3,(H,19,20). The van der Waals surface area contributed by atoms with E-state index in [1.807, 2.05) is 24.3 Å². The molecule has 0 radical (unpaired) electrons. The van der Waals surface area contributed by atoms with Crippen LogP contribution in [0.3, 0.4) is 0 Å². The third kappa shape index (κ3) is 2.55. The van der Waals surface area contributed by atoms with E-state index in [0.717, 1.165) is 17.1 Å². The van der Waals surface area contributed by atoms with Gasteiger partial charge in [0.1, 0.15) is 11.6 Å². The number of nitrogens with zero attached hydrogens (tertiary/aromatic N) is 3. The second kappa shape index (κ2) is 5.24. The first-order valence-corrected chi connectivity index (χ1v) is 6.37. The maximum absolute atomic E-state index is 10.9. The van der Waals surface area contributed by atoms with Gasteiger partial charge in [0.2, 0.25) is 0 Å². The summed E-state index contributed by atoms with van der Waals surface area (Å²) >= 11 is 0. The van der Waals surface area contributed by atoms with Crippen LogP contribution in [0.2, 0.25) is 0 Å². The van der Waals surface area contributed by atoms with Crippen molar-refractivity contribution in [3.8, 4) is 5.75 Å². The van der Waals surface area contributed by atoms with E-state index in [1.165, 1.54) is 12.1 Å². The van der Waals surface area contributed by atoms with Crippen LogP contribution >= 0.6 is 0 Å². The third-order valence-electron chi connectivity index (χ3n) is 3.22. The van der Waals surface area contributed by atoms with Gasteiger partial charge in [-0.3, -0.25) is 4.40 Å². The summed E-state index contributed by atoms with van der Waals surface area (Å²) in [5.74, 6) is 0.555. The minimum Gasteiger partial charge on any atom is -0.497 e. The molecule has 0 aliphatic heterocycles. The minimum atomic E-state index is -0.977. The molecule has 3 rings (SSSR count). The van der Waals surface area contributed by atoms with Gasteiger partial charge in [0, 0.05) is 12.6 Å². The molecular formula is C15H13N3O3. The smallest absolute Gasteiger partial charge is 0.335 e. The number of carboxylic acid groups (broad SMARTS) is 1. The molecule has 1 aromatic carbocycles. The first kappa shape index (κ1) is 13.1. The number of methoxy groups -OCH3 is 1. The number of benzene rings is 1. The fourth-order valence-corrected chi connectivity index (χ4v) is 2.16. The van der Waals surface area contributed by atoms with Gasteiger partial charge < -0.3 is 9.84 Å². The zero-order chi connectivity index (χ0) is 14.8. The molecule has 0 atom stereocenters. The van der Waals surface area contributed by atoms with E-state index in [0.29, 0.717) is 12.1 Å². The molecule has 3 aromatic rings. The molecular weight excluding hydrogens is 270 g/mol. The summed E-state index contributed by atoms with van der Waals surface area (Å²) in [6.45, 7) is 0. The number of pyridine rings is 1. The van der Waals surface area contributed by atoms with Crippen molar-refractivity contribution in [3.05, 3.63) is 59.5 Å². The van der Waals surface area contributed by atoms with Crippen LogP contribution < -0.4 is 4.74 Å². The van der Waals surface area contributed by atoms with Gasteiger partial charge in [0.05, 0.1) is 12.7 Å². The Bertz CT molecular complexity index is 811. The predicted molar refractivity (Wildman–Crippen MR) is 75.7 cm³/mol. The highest BCUT2D eigenvalue weighted by molar-refractivity contribution is 5.88. The third-order valence-corrected chi connectivity index (χ3v) is 3.22. The van der Waals surface area contributed by atoms with Crippen molar-refractivity contribution in [2.24, 2.45) is 0 Å². The molecule has 0 amide bonds. The molecule has 2 heterocycles. The zero-order valence-corrected chi connectivity index (χ0v) is 11.4. The number of hydrogen-bond acceptors (Lipinski definition) is 4. The lowest BCUT2D eigenvalue weighted by molar-refractivity contribution is 0.0697. The van der Waals surface area contributed by atoms with Gasteiger partial charge in [-0.25, -0.2) is 4.79 Å². The minimum absolute atomic E-state index is 0.197. The van der Waals surface area contributed by atoms with Gasteiger partial charge in [-0.05, 0) is 29.8 Å². The van der Waals surface area contributed by atoms with Crippen LogP contribution in [0.1, 0.15) is 21.7 Å². The molecule has 106 valence electrons. The van der Waals surface area contributed by atoms with E-state index in [2.05, 4.69) is 10.2 Å². The summed E-state index contributed by atoms with van der Waals surface area (Å²) in [6.07, 6.45) is 2.26. The van der Waals surface area contributed by atoms with Gasteiger partial charge >= 0.3 is 5.97 Å². The maximum atomic E-state index is 10.9. The first-order valence-electron chi connectivity index (χ1n) is 6.37. The highest BCUT2D eigenvalue weighted by atomic mass is 16.5. The van der Waals surface area contributed by atoms with Gasteiger partial charge in [0.15, 0.2) is 5.65 Å². The Balaban J connectivity index is 1.95. The molecule has 0 aliphatic carbocycles. The average Bonchev–Trinajstić information content (AvgIpc) is 2.90. The van der Waals surface area contributed by atoms with E-state index in [4.69, 9.17) is 9.84 Å². The fraction of sp³-hybridized carbons (Fsp3) is 0.133. The molecule has 0 aliphatic rings. The molecule has 0 bridgehead atoms. The van der Waals surface area contributed by atoms with Gasteiger partial charge in [-0.15, -0.1) is 10.2 Å². The van der Waals surface area contributed by atoms with E-state index in [9.17, 15) is 4.79 Å². The summed E-state index contributed by atoms with van der Waals surface area (Å²) in [5, 5.41) is 17.1. The number of rotatable bonds is 4. The summed E-state index contributed by atoms with van der Waals surface area (Å²) in [5.41, 5.74) is 1.77. The molecule has 0 unspecified atom stereocenters. The first-order chi connectivity index (χ1) is 10.2. The lowest BCUT2D eigenvalue weighted by Gasteiger charge is -2.04. The van der Waals surface area contributed by atoms with Crippen molar-refractivity contribution in [2.45, 2.75) is 6.42 Å². The summed E-state index contributed by atoms with van der Waals surface area (Å²) in [4.78, 5) is 10.9. The molecule has 0 saturated heterocycles. The van der Waals surface area contributed by atoms with Crippen LogP contribution in [0.15, 0.2) is 42.6 Å². The number of ether oxygens (including phenoxy) is 1. The van der Waals surface area contributed by atoms with Crippen molar-refractivity contribution in [1.82, 2.24) is 14.6 Å². The Morgan fingerprint density at radius 2 is 2.14 bits per heavy atom. The number of carboxylic acids is 1. The lowest BCUT2D eigenvalue weighted by atomic mass is 10.1. The van der Waals surface area contributed by atoms with Crippen LogP contribution in [0.5, 0.6) is 5.75 Å². The van der Waals surface area contributed by atoms with E-state index < -0.39 is 5.97 Å². The highest BCUT2D eigenvalue weighted by Crippen LogP contribution is 2.16. The number of carbonyl (C=O) groups is 1. The molecule has 21 heavy (non-hydrogen) atoms. The molecule has 6 heteroatoms. The lowest BCUT2D eigenvalue weighted by Crippen LogP contribution is -2.00. The van der Waals surface area contributed by atoms with Crippen molar-refractivity contribution >= 4 is 11.6 Å². The Labute approximate surface area is 120 Å². The molecule has 0 saturated carbocycles. The number of fused-ring (bicyclic) bond motifs is 1. The molecule has 1 N–H and O–H groups in total. The Kier molecular flexibility index (Phi) is 3.27. The maximum Gasteiger partial charge on any atom is 0.335 e. The van der Waals surface area contributed by atoms with Gasteiger partial charge in [-0.1, -0.05) is 12.1 Å². The Morgan fingerprint density at radius 1 is 1.29 bits per heavy atom. The molecule has 0 spiro atoms. The second-order valence-electron chi connectivity index (χ2n) is 4.59. The average molecular weight is 283 g/mol. The Morgan fingerprint density at radius 3 is 2.90 bits per heavy atom. The van der Waals surface area contributed by atoms with Gasteiger partial charge in [0.25, 0.3) is 0 Å². The van der Waals surface area contributed by atoms with Crippen LogP contribution in [0.4, 0.5) is 0 Å². The van der Waals surface area contributed by atoms with E-state index in [1.54, 1.807) is 17.7 Å². The zero-order valence-electron chi connectivity index (χ0n) is 11.4. The van der Waals surface area contributed by atoms with Crippen molar-refractivity contribution in [1.29, 1.82) is 0 Å². The van der Waals surface area contributed by atoms with E-state index in [-0.39, 0.29) is 5.56 Å². The largest absolute Gasteiger partial charge is 0.497 e. The topological polar surface area (TPSA) is 76.7 Å². The monoisotopic (exact) mass is 283 g/mol. The van der Waals surface area contributed by atoms with Crippen LogP contribution in [-0.4, -0.2) is 32.8 Å². The summed E-state index contributed by atoms with van der Waals surface area (Å²) < 4.78 is 6.98. The fourth-order valence-electron chi connectivity index (χ4n) is 2.16. The predicted octanol–water partition coefficient (Wildman–Crippen LogP) is 2.03. The van der Waals surface area contributed by atoms with Crippen LogP contribution in [-0.2, 0) is 6.42 Å². The number of aromatic nitrogens is 3. The quantitative estimate of drug-likeness (QED) is 0.792.